The van der Waals surface area contributed by atoms with Gasteiger partial charge in [0.1, 0.15) is 5.71 Å². The zero-order valence-corrected chi connectivity index (χ0v) is 14.6. The first-order valence-corrected chi connectivity index (χ1v) is 8.91. The van der Waals surface area contributed by atoms with Gasteiger partial charge in [-0.3, -0.25) is 14.7 Å². The molecule has 0 fully saturated rings. The number of hydrogen-bond donors (Lipinski definition) is 1. The molecule has 0 atom stereocenters. The standard InChI is InChI=1S/C23H17N3O/c27-23-22(25-15-16-10-11-20-17(14-16)12-13-24-20)19-8-4-5-9-21(19)26(23)18-6-2-1-3-7-18/h1-14,24H,15H2. The molecular formula is C23H17N3O. The maximum Gasteiger partial charge on any atom is 0.281 e. The monoisotopic (exact) mass is 351 g/mol. The highest BCUT2D eigenvalue weighted by atomic mass is 16.2. The van der Waals surface area contributed by atoms with E-state index in [0.717, 1.165) is 33.4 Å². The molecule has 130 valence electrons. The molecule has 1 aliphatic heterocycles. The summed E-state index contributed by atoms with van der Waals surface area (Å²) in [6, 6.07) is 25.8. The number of para-hydroxylation sites is 2. The Hall–Kier alpha value is -3.66. The number of nitrogens with zero attached hydrogens (tertiary/aromatic N) is 2. The Morgan fingerprint density at radius 1 is 0.889 bits per heavy atom. The minimum atomic E-state index is -0.0786. The molecule has 2 heterocycles. The molecule has 1 aliphatic rings. The summed E-state index contributed by atoms with van der Waals surface area (Å²) in [5.74, 6) is -0.0786. The quantitative estimate of drug-likeness (QED) is 0.564. The first kappa shape index (κ1) is 15.6. The highest BCUT2D eigenvalue weighted by Crippen LogP contribution is 2.35. The van der Waals surface area contributed by atoms with Crippen LogP contribution in [0.1, 0.15) is 11.1 Å². The molecule has 27 heavy (non-hydrogen) atoms. The molecule has 0 bridgehead atoms. The van der Waals surface area contributed by atoms with Crippen LogP contribution >= 0.6 is 0 Å². The fourth-order valence-electron chi connectivity index (χ4n) is 3.56. The predicted molar refractivity (Wildman–Crippen MR) is 109 cm³/mol. The van der Waals surface area contributed by atoms with E-state index in [9.17, 15) is 4.79 Å². The Kier molecular flexibility index (Phi) is 3.61. The highest BCUT2D eigenvalue weighted by Gasteiger charge is 2.34. The smallest absolute Gasteiger partial charge is 0.281 e. The van der Waals surface area contributed by atoms with Crippen LogP contribution in [-0.2, 0) is 11.3 Å². The highest BCUT2D eigenvalue weighted by molar-refractivity contribution is 6.55. The van der Waals surface area contributed by atoms with E-state index in [1.807, 2.05) is 79.0 Å². The lowest BCUT2D eigenvalue weighted by molar-refractivity contribution is -0.111. The lowest BCUT2D eigenvalue weighted by Gasteiger charge is -2.16. The van der Waals surface area contributed by atoms with Crippen molar-refractivity contribution in [2.45, 2.75) is 6.54 Å². The summed E-state index contributed by atoms with van der Waals surface area (Å²) in [6.45, 7) is 0.471. The SMILES string of the molecule is O=C1C(=NCc2ccc3[nH]ccc3c2)c2ccccc2N1c1ccccc1. The zero-order chi connectivity index (χ0) is 18.2. The molecule has 0 aliphatic carbocycles. The summed E-state index contributed by atoms with van der Waals surface area (Å²) in [7, 11) is 0. The van der Waals surface area contributed by atoms with Gasteiger partial charge in [0, 0.05) is 23.0 Å². The van der Waals surface area contributed by atoms with E-state index in [1.165, 1.54) is 0 Å². The molecule has 4 aromatic rings. The van der Waals surface area contributed by atoms with E-state index in [-0.39, 0.29) is 5.91 Å². The largest absolute Gasteiger partial charge is 0.361 e. The summed E-state index contributed by atoms with van der Waals surface area (Å²) >= 11 is 0. The van der Waals surface area contributed by atoms with Gasteiger partial charge in [0.25, 0.3) is 5.91 Å². The fraction of sp³-hybridized carbons (Fsp3) is 0.0435. The number of fused-ring (bicyclic) bond motifs is 2. The topological polar surface area (TPSA) is 48.5 Å². The van der Waals surface area contributed by atoms with Crippen molar-refractivity contribution >= 4 is 33.9 Å². The summed E-state index contributed by atoms with van der Waals surface area (Å²) in [5.41, 5.74) is 5.32. The van der Waals surface area contributed by atoms with Gasteiger partial charge in [0.15, 0.2) is 0 Å². The lowest BCUT2D eigenvalue weighted by Crippen LogP contribution is -2.25. The molecule has 4 nitrogen and oxygen atoms in total. The molecular weight excluding hydrogens is 334 g/mol. The van der Waals surface area contributed by atoms with E-state index in [0.29, 0.717) is 12.3 Å². The summed E-state index contributed by atoms with van der Waals surface area (Å²) < 4.78 is 0. The van der Waals surface area contributed by atoms with Crippen LogP contribution in [0.5, 0.6) is 0 Å². The van der Waals surface area contributed by atoms with Crippen molar-refractivity contribution in [3.63, 3.8) is 0 Å². The third-order valence-corrected chi connectivity index (χ3v) is 4.86. The molecule has 1 N–H and O–H groups in total. The average Bonchev–Trinajstić information content (AvgIpc) is 3.28. The number of benzene rings is 3. The maximum absolute atomic E-state index is 13.1. The van der Waals surface area contributed by atoms with Crippen molar-refractivity contribution in [2.24, 2.45) is 4.99 Å². The first-order chi connectivity index (χ1) is 13.3. The van der Waals surface area contributed by atoms with Gasteiger partial charge in [-0.15, -0.1) is 0 Å². The van der Waals surface area contributed by atoms with Crippen LogP contribution in [0.2, 0.25) is 0 Å². The number of H-pyrrole nitrogens is 1. The van der Waals surface area contributed by atoms with Gasteiger partial charge in [0.05, 0.1) is 12.2 Å². The Bertz CT molecular complexity index is 1170. The number of nitrogens with one attached hydrogen (secondary N) is 1. The Labute approximate surface area is 156 Å². The van der Waals surface area contributed by atoms with Gasteiger partial charge < -0.3 is 4.98 Å². The third kappa shape index (κ3) is 2.62. The van der Waals surface area contributed by atoms with Crippen LogP contribution in [0.3, 0.4) is 0 Å². The van der Waals surface area contributed by atoms with Crippen LogP contribution in [0.25, 0.3) is 10.9 Å². The van der Waals surface area contributed by atoms with Crippen molar-refractivity contribution in [1.29, 1.82) is 0 Å². The Morgan fingerprint density at radius 3 is 2.59 bits per heavy atom. The van der Waals surface area contributed by atoms with Crippen LogP contribution in [-0.4, -0.2) is 16.6 Å². The second-order valence-electron chi connectivity index (χ2n) is 6.56. The zero-order valence-electron chi connectivity index (χ0n) is 14.6. The van der Waals surface area contributed by atoms with Crippen LogP contribution in [0.4, 0.5) is 11.4 Å². The number of aromatic amines is 1. The molecule has 0 saturated heterocycles. The van der Waals surface area contributed by atoms with Gasteiger partial charge in [-0.1, -0.05) is 42.5 Å². The van der Waals surface area contributed by atoms with Crippen molar-refractivity contribution in [3.05, 3.63) is 96.2 Å². The summed E-state index contributed by atoms with van der Waals surface area (Å²) in [5, 5.41) is 1.15. The fourth-order valence-corrected chi connectivity index (χ4v) is 3.56. The number of rotatable bonds is 3. The van der Waals surface area contributed by atoms with Crippen molar-refractivity contribution < 1.29 is 4.79 Å². The van der Waals surface area contributed by atoms with E-state index >= 15 is 0 Å². The molecule has 0 unspecified atom stereocenters. The maximum atomic E-state index is 13.1. The number of aliphatic imine (C=N–C) groups is 1. The van der Waals surface area contributed by atoms with E-state index < -0.39 is 0 Å². The molecule has 0 saturated carbocycles. The van der Waals surface area contributed by atoms with Gasteiger partial charge in [-0.05, 0) is 47.3 Å². The minimum Gasteiger partial charge on any atom is -0.361 e. The number of carbonyl (C=O) groups excluding carboxylic acids is 1. The van der Waals surface area contributed by atoms with E-state index in [2.05, 4.69) is 11.1 Å². The Balaban J connectivity index is 1.53. The van der Waals surface area contributed by atoms with Crippen LogP contribution in [0, 0.1) is 0 Å². The molecule has 1 amide bonds. The van der Waals surface area contributed by atoms with Gasteiger partial charge >= 0.3 is 0 Å². The Morgan fingerprint density at radius 2 is 1.70 bits per heavy atom. The molecule has 3 aromatic carbocycles. The van der Waals surface area contributed by atoms with E-state index in [1.54, 1.807) is 4.90 Å². The van der Waals surface area contributed by atoms with Gasteiger partial charge in [-0.2, -0.15) is 0 Å². The number of carbonyl (C=O) groups is 1. The van der Waals surface area contributed by atoms with Crippen LogP contribution < -0.4 is 4.90 Å². The summed E-state index contributed by atoms with van der Waals surface area (Å²) in [4.78, 5) is 22.8. The number of anilines is 2. The number of aromatic nitrogens is 1. The minimum absolute atomic E-state index is 0.0786. The van der Waals surface area contributed by atoms with Crippen LogP contribution in [0.15, 0.2) is 90.1 Å². The number of amides is 1. The molecule has 0 spiro atoms. The lowest BCUT2D eigenvalue weighted by atomic mass is 10.1. The van der Waals surface area contributed by atoms with Gasteiger partial charge in [0.2, 0.25) is 0 Å². The van der Waals surface area contributed by atoms with E-state index in [4.69, 9.17) is 4.99 Å². The van der Waals surface area contributed by atoms with Gasteiger partial charge in [-0.25, -0.2) is 0 Å². The molecule has 0 radical (unpaired) electrons. The first-order valence-electron chi connectivity index (χ1n) is 8.91. The number of hydrogen-bond acceptors (Lipinski definition) is 2. The predicted octanol–water partition coefficient (Wildman–Crippen LogP) is 4.84. The van der Waals surface area contributed by atoms with Crippen molar-refractivity contribution in [1.82, 2.24) is 4.98 Å². The summed E-state index contributed by atoms with van der Waals surface area (Å²) in [6.07, 6.45) is 1.93. The second kappa shape index (κ2) is 6.25. The third-order valence-electron chi connectivity index (χ3n) is 4.86. The van der Waals surface area contributed by atoms with Crippen molar-refractivity contribution in [3.8, 4) is 0 Å². The second-order valence-corrected chi connectivity index (χ2v) is 6.56. The molecule has 4 heteroatoms. The molecule has 5 rings (SSSR count). The normalized spacial score (nSPS) is 14.9. The molecule has 1 aromatic heterocycles. The van der Waals surface area contributed by atoms with Crippen molar-refractivity contribution in [2.75, 3.05) is 4.90 Å². The average molecular weight is 351 g/mol.